The van der Waals surface area contributed by atoms with Crippen LogP contribution in [-0.2, 0) is 0 Å². The molecule has 1 N–H and O–H groups in total. The molecule has 0 aliphatic rings. The highest BCUT2D eigenvalue weighted by Crippen LogP contribution is 2.32. The van der Waals surface area contributed by atoms with Gasteiger partial charge in [0.15, 0.2) is 0 Å². The zero-order valence-electron chi connectivity index (χ0n) is 9.79. The summed E-state index contributed by atoms with van der Waals surface area (Å²) < 4.78 is 5.12. The van der Waals surface area contributed by atoms with Gasteiger partial charge in [-0.25, -0.2) is 0 Å². The smallest absolute Gasteiger partial charge is 0.137 e. The van der Waals surface area contributed by atoms with E-state index >= 15 is 0 Å². The van der Waals surface area contributed by atoms with Crippen LogP contribution in [0, 0.1) is 6.92 Å². The van der Waals surface area contributed by atoms with Crippen LogP contribution in [0.1, 0.15) is 23.7 Å². The van der Waals surface area contributed by atoms with Crippen LogP contribution in [0.25, 0.3) is 0 Å². The molecule has 0 aliphatic carbocycles. The van der Waals surface area contributed by atoms with Crippen LogP contribution in [-0.4, -0.2) is 24.2 Å². The number of aryl methyl sites for hydroxylation is 1. The van der Waals surface area contributed by atoms with E-state index in [1.54, 1.807) is 24.9 Å². The van der Waals surface area contributed by atoms with Crippen molar-refractivity contribution >= 4 is 23.4 Å². The monoisotopic (exact) mass is 260 g/mol. The highest BCUT2D eigenvalue weighted by Gasteiger charge is 2.13. The molecular weight excluding hydrogens is 244 g/mol. The Morgan fingerprint density at radius 3 is 2.75 bits per heavy atom. The molecule has 0 heterocycles. The number of methoxy groups -OCH3 is 1. The third-order valence-corrected chi connectivity index (χ3v) is 3.43. The molecule has 0 radical (unpaired) electrons. The van der Waals surface area contributed by atoms with Crippen LogP contribution in [0.15, 0.2) is 12.1 Å². The summed E-state index contributed by atoms with van der Waals surface area (Å²) in [6.07, 6.45) is 2.32. The first-order valence-corrected chi connectivity index (χ1v) is 6.88. The maximum Gasteiger partial charge on any atom is 0.137 e. The van der Waals surface area contributed by atoms with E-state index in [0.29, 0.717) is 10.8 Å². The predicted molar refractivity (Wildman–Crippen MR) is 70.7 cm³/mol. The molecule has 2 nitrogen and oxygen atoms in total. The fourth-order valence-electron chi connectivity index (χ4n) is 1.57. The highest BCUT2D eigenvalue weighted by atomic mass is 35.5. The summed E-state index contributed by atoms with van der Waals surface area (Å²) in [5.41, 5.74) is 1.90. The van der Waals surface area contributed by atoms with E-state index in [9.17, 15) is 5.11 Å². The lowest BCUT2D eigenvalue weighted by Gasteiger charge is -2.15. The Bertz CT molecular complexity index is 355. The number of halogens is 1. The molecule has 90 valence electrons. The number of thioether (sulfide) groups is 1. The van der Waals surface area contributed by atoms with Gasteiger partial charge in [0, 0.05) is 0 Å². The lowest BCUT2D eigenvalue weighted by Crippen LogP contribution is -2.02. The normalized spacial score (nSPS) is 12.6. The average molecular weight is 261 g/mol. The standard InChI is InChI=1S/C12H17ClO2S/c1-8-6-12(15-2)10(13)7-9(8)11(14)4-5-16-3/h6-7,11,14H,4-5H2,1-3H3. The van der Waals surface area contributed by atoms with E-state index < -0.39 is 6.10 Å². The lowest BCUT2D eigenvalue weighted by atomic mass is 10.0. The highest BCUT2D eigenvalue weighted by molar-refractivity contribution is 7.98. The number of ether oxygens (including phenoxy) is 1. The summed E-state index contributed by atoms with van der Waals surface area (Å²) in [7, 11) is 1.59. The van der Waals surface area contributed by atoms with Gasteiger partial charge in [-0.3, -0.25) is 0 Å². The molecule has 4 heteroatoms. The van der Waals surface area contributed by atoms with Crippen molar-refractivity contribution in [3.05, 3.63) is 28.3 Å². The molecule has 0 amide bonds. The molecular formula is C12H17ClO2S. The van der Waals surface area contributed by atoms with Crippen molar-refractivity contribution in [1.82, 2.24) is 0 Å². The zero-order chi connectivity index (χ0) is 12.1. The Labute approximate surface area is 106 Å². The summed E-state index contributed by atoms with van der Waals surface area (Å²) in [6.45, 7) is 1.95. The number of aliphatic hydroxyl groups excluding tert-OH is 1. The van der Waals surface area contributed by atoms with Crippen molar-refractivity contribution in [2.24, 2.45) is 0 Å². The van der Waals surface area contributed by atoms with Gasteiger partial charge in [-0.2, -0.15) is 11.8 Å². The van der Waals surface area contributed by atoms with Crippen LogP contribution in [0.5, 0.6) is 5.75 Å². The van der Waals surface area contributed by atoms with E-state index in [2.05, 4.69) is 0 Å². The van der Waals surface area contributed by atoms with Gasteiger partial charge < -0.3 is 9.84 Å². The van der Waals surface area contributed by atoms with E-state index in [4.69, 9.17) is 16.3 Å². The Morgan fingerprint density at radius 1 is 1.50 bits per heavy atom. The Kier molecular flexibility index (Phi) is 5.46. The first-order valence-electron chi connectivity index (χ1n) is 5.11. The van der Waals surface area contributed by atoms with Gasteiger partial charge in [0.1, 0.15) is 5.75 Å². The van der Waals surface area contributed by atoms with Gasteiger partial charge in [0.25, 0.3) is 0 Å². The Morgan fingerprint density at radius 2 is 2.19 bits per heavy atom. The summed E-state index contributed by atoms with van der Waals surface area (Å²) in [4.78, 5) is 0. The topological polar surface area (TPSA) is 29.5 Å². The van der Waals surface area contributed by atoms with E-state index in [-0.39, 0.29) is 0 Å². The third-order valence-electron chi connectivity index (χ3n) is 2.49. The van der Waals surface area contributed by atoms with Crippen molar-refractivity contribution in [1.29, 1.82) is 0 Å². The largest absolute Gasteiger partial charge is 0.495 e. The molecule has 0 bridgehead atoms. The van der Waals surface area contributed by atoms with E-state index in [1.165, 1.54) is 0 Å². The number of rotatable bonds is 5. The van der Waals surface area contributed by atoms with Crippen LogP contribution >= 0.6 is 23.4 Å². The lowest BCUT2D eigenvalue weighted by molar-refractivity contribution is 0.174. The summed E-state index contributed by atoms with van der Waals surface area (Å²) in [5.74, 6) is 1.59. The quantitative estimate of drug-likeness (QED) is 0.879. The summed E-state index contributed by atoms with van der Waals surface area (Å²) >= 11 is 7.76. The van der Waals surface area contributed by atoms with Crippen molar-refractivity contribution in [2.45, 2.75) is 19.4 Å². The fourth-order valence-corrected chi connectivity index (χ4v) is 2.28. The van der Waals surface area contributed by atoms with Crippen molar-refractivity contribution in [3.63, 3.8) is 0 Å². The van der Waals surface area contributed by atoms with Crippen molar-refractivity contribution in [2.75, 3.05) is 19.1 Å². The molecule has 0 saturated carbocycles. The van der Waals surface area contributed by atoms with Gasteiger partial charge in [-0.1, -0.05) is 11.6 Å². The molecule has 0 fully saturated rings. The molecule has 0 spiro atoms. The SMILES string of the molecule is COc1cc(C)c(C(O)CCSC)cc1Cl. The second-order valence-electron chi connectivity index (χ2n) is 3.64. The third kappa shape index (κ3) is 3.30. The minimum absolute atomic E-state index is 0.448. The fraction of sp³-hybridized carbons (Fsp3) is 0.500. The molecule has 1 rings (SSSR count). The van der Waals surface area contributed by atoms with E-state index in [0.717, 1.165) is 23.3 Å². The summed E-state index contributed by atoms with van der Waals surface area (Å²) in [5, 5.41) is 10.6. The second kappa shape index (κ2) is 6.38. The van der Waals surface area contributed by atoms with Crippen LogP contribution in [0.4, 0.5) is 0 Å². The molecule has 0 aromatic heterocycles. The molecule has 16 heavy (non-hydrogen) atoms. The van der Waals surface area contributed by atoms with Crippen molar-refractivity contribution in [3.8, 4) is 5.75 Å². The number of hydrogen-bond acceptors (Lipinski definition) is 3. The minimum Gasteiger partial charge on any atom is -0.495 e. The van der Waals surface area contributed by atoms with Gasteiger partial charge in [0.2, 0.25) is 0 Å². The molecule has 0 saturated heterocycles. The first kappa shape index (κ1) is 13.7. The number of benzene rings is 1. The Hall–Kier alpha value is -0.380. The van der Waals surface area contributed by atoms with Gasteiger partial charge in [-0.15, -0.1) is 0 Å². The van der Waals surface area contributed by atoms with Gasteiger partial charge in [-0.05, 0) is 48.6 Å². The van der Waals surface area contributed by atoms with Gasteiger partial charge in [0.05, 0.1) is 18.2 Å². The van der Waals surface area contributed by atoms with Crippen LogP contribution < -0.4 is 4.74 Å². The summed E-state index contributed by atoms with van der Waals surface area (Å²) in [6, 6.07) is 3.65. The number of aliphatic hydroxyl groups is 1. The maximum absolute atomic E-state index is 10.0. The maximum atomic E-state index is 10.0. The molecule has 1 atom stereocenters. The molecule has 0 aliphatic heterocycles. The zero-order valence-corrected chi connectivity index (χ0v) is 11.4. The predicted octanol–water partition coefficient (Wildman–Crippen LogP) is 3.44. The first-order chi connectivity index (χ1) is 7.60. The van der Waals surface area contributed by atoms with E-state index in [1.807, 2.05) is 19.2 Å². The Balaban J connectivity index is 2.92. The molecule has 1 aromatic carbocycles. The van der Waals surface area contributed by atoms with Gasteiger partial charge >= 0.3 is 0 Å². The molecule has 1 aromatic rings. The van der Waals surface area contributed by atoms with Crippen LogP contribution in [0.3, 0.4) is 0 Å². The van der Waals surface area contributed by atoms with Crippen LogP contribution in [0.2, 0.25) is 5.02 Å². The molecule has 1 unspecified atom stereocenters. The minimum atomic E-state index is -0.448. The number of hydrogen-bond donors (Lipinski definition) is 1. The average Bonchev–Trinajstić information content (AvgIpc) is 2.28. The second-order valence-corrected chi connectivity index (χ2v) is 5.03. The van der Waals surface area contributed by atoms with Crippen molar-refractivity contribution < 1.29 is 9.84 Å².